The van der Waals surface area contributed by atoms with Gasteiger partial charge in [-0.2, -0.15) is 0 Å². The van der Waals surface area contributed by atoms with Gasteiger partial charge in [-0.1, -0.05) is 31.9 Å². The highest BCUT2D eigenvalue weighted by Gasteiger charge is 2.35. The van der Waals surface area contributed by atoms with E-state index in [-0.39, 0.29) is 25.9 Å². The summed E-state index contributed by atoms with van der Waals surface area (Å²) in [7, 11) is 0. The summed E-state index contributed by atoms with van der Waals surface area (Å²) in [4.78, 5) is 50.9. The molecule has 0 aromatic heterocycles. The van der Waals surface area contributed by atoms with Gasteiger partial charge in [-0.15, -0.1) is 0 Å². The number of nitrogens with one attached hydrogen (secondary N) is 4. The van der Waals surface area contributed by atoms with Crippen LogP contribution in [-0.2, 0) is 25.6 Å². The number of carbonyl (C=O) groups is 4. The van der Waals surface area contributed by atoms with Crippen molar-refractivity contribution >= 4 is 23.6 Å². The molecule has 11 heteroatoms. The van der Waals surface area contributed by atoms with Crippen LogP contribution >= 0.6 is 0 Å². The van der Waals surface area contributed by atoms with Crippen LogP contribution in [0.4, 0.5) is 4.39 Å². The first-order chi connectivity index (χ1) is 17.4. The van der Waals surface area contributed by atoms with Crippen molar-refractivity contribution in [2.24, 2.45) is 11.8 Å². The normalized spacial score (nSPS) is 20.4. The molecule has 0 fully saturated rings. The molecule has 1 aromatic carbocycles. The maximum Gasteiger partial charge on any atom is 0.247 e. The summed E-state index contributed by atoms with van der Waals surface area (Å²) in [5, 5.41) is 17.1. The number of carbonyl (C=O) groups excluding carboxylic acids is 4. The summed E-state index contributed by atoms with van der Waals surface area (Å²) >= 11 is 0. The smallest absolute Gasteiger partial charge is 0.247 e. The van der Waals surface area contributed by atoms with E-state index in [0.717, 1.165) is 12.0 Å². The van der Waals surface area contributed by atoms with Gasteiger partial charge in [0.15, 0.2) is 0 Å². The Labute approximate surface area is 210 Å². The summed E-state index contributed by atoms with van der Waals surface area (Å²) in [5.41, 5.74) is 2.44. The second-order valence-electron chi connectivity index (χ2n) is 8.84. The molecule has 3 atom stereocenters. The third-order valence-electron chi connectivity index (χ3n) is 6.12. The van der Waals surface area contributed by atoms with E-state index in [1.54, 1.807) is 29.7 Å². The Balaban J connectivity index is 2.26. The number of fused-ring (bicyclic) bond motifs is 11. The zero-order valence-corrected chi connectivity index (χ0v) is 20.7. The average molecular weight is 509 g/mol. The van der Waals surface area contributed by atoms with Crippen LogP contribution in [0.25, 0.3) is 0 Å². The van der Waals surface area contributed by atoms with Crippen LogP contribution in [0.5, 0.6) is 5.75 Å². The molecule has 0 saturated carbocycles. The Morgan fingerprint density at radius 2 is 1.89 bits per heavy atom. The Bertz CT molecular complexity index is 867. The molecule has 1 aromatic rings. The number of halogens is 1. The van der Waals surface area contributed by atoms with Gasteiger partial charge in [-0.05, 0) is 43.4 Å². The molecule has 200 valence electrons. The van der Waals surface area contributed by atoms with Crippen LogP contribution in [0.2, 0.25) is 0 Å². The van der Waals surface area contributed by atoms with Crippen molar-refractivity contribution in [3.05, 3.63) is 29.8 Å². The molecule has 0 aliphatic carbocycles. The molecule has 0 spiro atoms. The summed E-state index contributed by atoms with van der Waals surface area (Å²) < 4.78 is 18.0. The molecule has 2 heterocycles. The number of alkyl halides is 1. The fourth-order valence-corrected chi connectivity index (χ4v) is 4.12. The van der Waals surface area contributed by atoms with Gasteiger partial charge in [0.05, 0.1) is 25.7 Å². The van der Waals surface area contributed by atoms with Crippen molar-refractivity contribution in [2.45, 2.75) is 57.9 Å². The van der Waals surface area contributed by atoms with Gasteiger partial charge in [0.25, 0.3) is 0 Å². The summed E-state index contributed by atoms with van der Waals surface area (Å²) in [6.45, 7) is 1.59. The lowest BCUT2D eigenvalue weighted by molar-refractivity contribution is -0.141. The van der Waals surface area contributed by atoms with Crippen molar-refractivity contribution in [3.63, 3.8) is 0 Å². The molecule has 10 nitrogen and oxygen atoms in total. The summed E-state index contributed by atoms with van der Waals surface area (Å²) in [6.07, 6.45) is 3.01. The van der Waals surface area contributed by atoms with Crippen molar-refractivity contribution in [1.29, 1.82) is 0 Å². The molecule has 4 amide bonds. The highest BCUT2D eigenvalue weighted by molar-refractivity contribution is 5.93. The number of hydroxylamine groups is 1. The van der Waals surface area contributed by atoms with E-state index in [0.29, 0.717) is 38.0 Å². The predicted octanol–water partition coefficient (Wildman–Crippen LogP) is 1.41. The predicted molar refractivity (Wildman–Crippen MR) is 130 cm³/mol. The van der Waals surface area contributed by atoms with E-state index < -0.39 is 48.2 Å². The quantitative estimate of drug-likeness (QED) is 0.184. The van der Waals surface area contributed by atoms with Crippen molar-refractivity contribution in [2.75, 3.05) is 26.4 Å². The van der Waals surface area contributed by atoms with Crippen LogP contribution in [0.3, 0.4) is 0 Å². The molecule has 36 heavy (non-hydrogen) atoms. The molecule has 2 aliphatic heterocycles. The summed E-state index contributed by atoms with van der Waals surface area (Å²) in [5.74, 6) is -3.09. The minimum atomic E-state index is -1.01. The molecule has 0 unspecified atom stereocenters. The minimum absolute atomic E-state index is 0.151. The average Bonchev–Trinajstić information content (AvgIpc) is 2.88. The van der Waals surface area contributed by atoms with Gasteiger partial charge in [0.2, 0.25) is 23.6 Å². The minimum Gasteiger partial charge on any atom is -0.494 e. The molecular weight excluding hydrogens is 471 g/mol. The lowest BCUT2D eigenvalue weighted by Gasteiger charge is -2.28. The molecule has 0 saturated heterocycles. The van der Waals surface area contributed by atoms with Gasteiger partial charge in [-0.25, -0.2) is 5.48 Å². The zero-order valence-electron chi connectivity index (χ0n) is 20.7. The Morgan fingerprint density at radius 3 is 2.56 bits per heavy atom. The topological polar surface area (TPSA) is 146 Å². The number of rotatable bonds is 10. The highest BCUT2D eigenvalue weighted by atomic mass is 19.1. The first kappa shape index (κ1) is 29.0. The van der Waals surface area contributed by atoms with E-state index >= 15 is 0 Å². The third kappa shape index (κ3) is 9.44. The standard InChI is InChI=1S/C25H37FN4O6/c1-2-3-6-19-20(24(33)30-35)7-4-14-36-18-10-8-17(9-11-18)15-21(29-23(19)32)25(34)28-16-22(31)27-13-5-12-26/h8-11,19-21,35H,2-7,12-16H2,1H3,(H,27,31)(H,28,34)(H,29,32)(H,30,33)/t19-,20+,21+/m1/s1. The molecule has 5 N–H and O–H groups in total. The highest BCUT2D eigenvalue weighted by Crippen LogP contribution is 2.25. The monoisotopic (exact) mass is 508 g/mol. The van der Waals surface area contributed by atoms with Crippen LogP contribution in [0.15, 0.2) is 24.3 Å². The number of hydrogen-bond acceptors (Lipinski definition) is 6. The molecule has 3 rings (SSSR count). The number of unbranched alkanes of at least 4 members (excludes halogenated alkanes) is 1. The van der Waals surface area contributed by atoms with Gasteiger partial charge >= 0.3 is 0 Å². The van der Waals surface area contributed by atoms with Crippen LogP contribution in [0, 0.1) is 11.8 Å². The Kier molecular flexibility index (Phi) is 12.7. The van der Waals surface area contributed by atoms with Crippen LogP contribution in [-0.4, -0.2) is 61.2 Å². The second kappa shape index (κ2) is 15.7. The number of amides is 4. The van der Waals surface area contributed by atoms with E-state index in [4.69, 9.17) is 4.74 Å². The largest absolute Gasteiger partial charge is 0.494 e. The van der Waals surface area contributed by atoms with Gasteiger partial charge in [-0.3, -0.25) is 28.8 Å². The lowest BCUT2D eigenvalue weighted by Crippen LogP contribution is -2.52. The fourth-order valence-electron chi connectivity index (χ4n) is 4.12. The third-order valence-corrected chi connectivity index (χ3v) is 6.12. The molecular formula is C25H37FN4O6. The fraction of sp³-hybridized carbons (Fsp3) is 0.600. The maximum atomic E-state index is 13.4. The SMILES string of the molecule is CCCC[C@H]1C(=O)N[C@H](C(=O)NCC(=O)NCCCF)Cc2ccc(cc2)OCCC[C@@H]1C(=O)NO. The second-order valence-corrected chi connectivity index (χ2v) is 8.84. The number of hydrogen-bond donors (Lipinski definition) is 5. The van der Waals surface area contributed by atoms with E-state index in [2.05, 4.69) is 16.0 Å². The molecule has 0 radical (unpaired) electrons. The van der Waals surface area contributed by atoms with Crippen molar-refractivity contribution in [3.8, 4) is 5.75 Å². The zero-order chi connectivity index (χ0) is 26.3. The molecule has 2 bridgehead atoms. The van der Waals surface area contributed by atoms with Crippen LogP contribution in [0.1, 0.15) is 51.0 Å². The first-order valence-corrected chi connectivity index (χ1v) is 12.5. The van der Waals surface area contributed by atoms with Crippen molar-refractivity contribution < 1.29 is 33.5 Å². The maximum absolute atomic E-state index is 13.4. The number of benzene rings is 1. The van der Waals surface area contributed by atoms with Gasteiger partial charge < -0.3 is 20.7 Å². The summed E-state index contributed by atoms with van der Waals surface area (Å²) in [6, 6.07) is 6.12. The van der Waals surface area contributed by atoms with Crippen LogP contribution < -0.4 is 26.2 Å². The Morgan fingerprint density at radius 1 is 1.14 bits per heavy atom. The van der Waals surface area contributed by atoms with E-state index in [9.17, 15) is 28.8 Å². The Hall–Kier alpha value is -3.21. The lowest BCUT2D eigenvalue weighted by atomic mass is 9.83. The van der Waals surface area contributed by atoms with Gasteiger partial charge in [0, 0.05) is 18.9 Å². The first-order valence-electron chi connectivity index (χ1n) is 12.5. The molecule has 2 aliphatic rings. The van der Waals surface area contributed by atoms with Gasteiger partial charge in [0.1, 0.15) is 11.8 Å². The van der Waals surface area contributed by atoms with E-state index in [1.807, 2.05) is 6.92 Å². The number of ether oxygens (including phenoxy) is 1. The van der Waals surface area contributed by atoms with E-state index in [1.165, 1.54) is 0 Å². The van der Waals surface area contributed by atoms with Crippen molar-refractivity contribution in [1.82, 2.24) is 21.4 Å².